The predicted molar refractivity (Wildman–Crippen MR) is 74.0 cm³/mol. The maximum absolute atomic E-state index is 6.07. The molecule has 0 radical (unpaired) electrons. The third-order valence-electron chi connectivity index (χ3n) is 4.94. The molecule has 1 unspecified atom stereocenters. The first-order chi connectivity index (χ1) is 8.18. The maximum Gasteiger partial charge on any atom is 0.0306 e. The maximum atomic E-state index is 6.07. The fraction of sp³-hybridized carbons (Fsp3) is 1.00. The van der Waals surface area contributed by atoms with E-state index in [0.717, 1.165) is 18.4 Å². The molecule has 0 aromatic carbocycles. The summed E-state index contributed by atoms with van der Waals surface area (Å²) in [4.78, 5) is 2.69. The minimum Gasteiger partial charge on any atom is -0.329 e. The van der Waals surface area contributed by atoms with Gasteiger partial charge in [0.25, 0.3) is 0 Å². The van der Waals surface area contributed by atoms with Crippen molar-refractivity contribution in [3.8, 4) is 0 Å². The second kappa shape index (κ2) is 5.71. The Hall–Kier alpha value is -0.0800. The minimum absolute atomic E-state index is 0.290. The molecule has 2 heteroatoms. The SMILES string of the molecule is CCCC1CCN(C(C)(CN)CC2CC2)CC1. The van der Waals surface area contributed by atoms with Gasteiger partial charge in [-0.15, -0.1) is 0 Å². The number of nitrogens with two attached hydrogens (primary N) is 1. The van der Waals surface area contributed by atoms with Gasteiger partial charge in [-0.05, 0) is 51.1 Å². The van der Waals surface area contributed by atoms with Crippen LogP contribution >= 0.6 is 0 Å². The van der Waals surface area contributed by atoms with Gasteiger partial charge in [-0.2, -0.15) is 0 Å². The van der Waals surface area contributed by atoms with Crippen LogP contribution in [0.4, 0.5) is 0 Å². The van der Waals surface area contributed by atoms with Crippen molar-refractivity contribution >= 4 is 0 Å². The van der Waals surface area contributed by atoms with E-state index in [1.54, 1.807) is 0 Å². The molecule has 1 atom stereocenters. The standard InChI is InChI=1S/C15H30N2/c1-3-4-13-7-9-17(10-8-13)15(2,12-16)11-14-5-6-14/h13-14H,3-12,16H2,1-2H3. The van der Waals surface area contributed by atoms with Crippen molar-refractivity contribution < 1.29 is 0 Å². The Morgan fingerprint density at radius 2 is 1.76 bits per heavy atom. The lowest BCUT2D eigenvalue weighted by Crippen LogP contribution is -2.54. The highest BCUT2D eigenvalue weighted by Gasteiger charge is 2.38. The zero-order valence-corrected chi connectivity index (χ0v) is 11.8. The molecule has 2 rings (SSSR count). The van der Waals surface area contributed by atoms with E-state index in [1.807, 2.05) is 0 Å². The van der Waals surface area contributed by atoms with Crippen molar-refractivity contribution in [2.75, 3.05) is 19.6 Å². The topological polar surface area (TPSA) is 29.3 Å². The van der Waals surface area contributed by atoms with Crippen LogP contribution in [0.2, 0.25) is 0 Å². The largest absolute Gasteiger partial charge is 0.329 e. The fourth-order valence-electron chi connectivity index (χ4n) is 3.46. The second-order valence-corrected chi connectivity index (χ2v) is 6.57. The van der Waals surface area contributed by atoms with Crippen LogP contribution in [-0.2, 0) is 0 Å². The van der Waals surface area contributed by atoms with Gasteiger partial charge in [0.05, 0.1) is 0 Å². The van der Waals surface area contributed by atoms with Crippen molar-refractivity contribution in [1.82, 2.24) is 4.90 Å². The summed E-state index contributed by atoms with van der Waals surface area (Å²) >= 11 is 0. The Morgan fingerprint density at radius 3 is 2.24 bits per heavy atom. The minimum atomic E-state index is 0.290. The lowest BCUT2D eigenvalue weighted by atomic mass is 9.86. The van der Waals surface area contributed by atoms with Crippen molar-refractivity contribution in [2.45, 2.75) is 64.3 Å². The van der Waals surface area contributed by atoms with Crippen molar-refractivity contribution in [2.24, 2.45) is 17.6 Å². The van der Waals surface area contributed by atoms with Crippen LogP contribution in [0.25, 0.3) is 0 Å². The molecule has 1 aliphatic carbocycles. The molecule has 0 aromatic heterocycles. The monoisotopic (exact) mass is 238 g/mol. The van der Waals surface area contributed by atoms with Gasteiger partial charge in [0, 0.05) is 12.1 Å². The van der Waals surface area contributed by atoms with Crippen molar-refractivity contribution in [3.63, 3.8) is 0 Å². The Kier molecular flexibility index (Phi) is 4.48. The molecule has 100 valence electrons. The molecule has 17 heavy (non-hydrogen) atoms. The quantitative estimate of drug-likeness (QED) is 0.771. The summed E-state index contributed by atoms with van der Waals surface area (Å²) in [7, 11) is 0. The van der Waals surface area contributed by atoms with E-state index >= 15 is 0 Å². The lowest BCUT2D eigenvalue weighted by Gasteiger charge is -2.45. The first kappa shape index (κ1) is 13.4. The Bertz CT molecular complexity index is 229. The summed E-state index contributed by atoms with van der Waals surface area (Å²) in [5.41, 5.74) is 6.36. The van der Waals surface area contributed by atoms with E-state index in [4.69, 9.17) is 5.73 Å². The predicted octanol–water partition coefficient (Wildman–Crippen LogP) is 3.02. The number of likely N-dealkylation sites (tertiary alicyclic amines) is 1. The third kappa shape index (κ3) is 3.45. The van der Waals surface area contributed by atoms with Crippen molar-refractivity contribution in [3.05, 3.63) is 0 Å². The molecule has 2 aliphatic rings. The van der Waals surface area contributed by atoms with Gasteiger partial charge in [0.15, 0.2) is 0 Å². The highest BCUT2D eigenvalue weighted by atomic mass is 15.2. The van der Waals surface area contributed by atoms with Crippen LogP contribution in [0.15, 0.2) is 0 Å². The number of hydrogen-bond acceptors (Lipinski definition) is 2. The second-order valence-electron chi connectivity index (χ2n) is 6.57. The lowest BCUT2D eigenvalue weighted by molar-refractivity contribution is 0.0553. The molecule has 0 amide bonds. The number of hydrogen-bond donors (Lipinski definition) is 1. The van der Waals surface area contributed by atoms with E-state index in [-0.39, 0.29) is 0 Å². The zero-order valence-electron chi connectivity index (χ0n) is 11.8. The molecule has 2 nitrogen and oxygen atoms in total. The van der Waals surface area contributed by atoms with Crippen LogP contribution in [0.1, 0.15) is 58.8 Å². The average Bonchev–Trinajstić information content (AvgIpc) is 3.14. The summed E-state index contributed by atoms with van der Waals surface area (Å²) in [5, 5.41) is 0. The van der Waals surface area contributed by atoms with Crippen LogP contribution < -0.4 is 5.73 Å². The third-order valence-corrected chi connectivity index (χ3v) is 4.94. The van der Waals surface area contributed by atoms with Gasteiger partial charge < -0.3 is 5.73 Å². The first-order valence-electron chi connectivity index (χ1n) is 7.63. The molecule has 1 aliphatic heterocycles. The van der Waals surface area contributed by atoms with Crippen molar-refractivity contribution in [1.29, 1.82) is 0 Å². The van der Waals surface area contributed by atoms with Gasteiger partial charge in [0.2, 0.25) is 0 Å². The summed E-state index contributed by atoms with van der Waals surface area (Å²) < 4.78 is 0. The number of piperidine rings is 1. The number of rotatable bonds is 6. The van der Waals surface area contributed by atoms with E-state index < -0.39 is 0 Å². The van der Waals surface area contributed by atoms with E-state index in [9.17, 15) is 0 Å². The number of nitrogens with zero attached hydrogens (tertiary/aromatic N) is 1. The van der Waals surface area contributed by atoms with Gasteiger partial charge in [-0.1, -0.05) is 32.6 Å². The highest BCUT2D eigenvalue weighted by Crippen LogP contribution is 2.39. The van der Waals surface area contributed by atoms with Gasteiger partial charge in [0.1, 0.15) is 0 Å². The molecule has 0 aromatic rings. The van der Waals surface area contributed by atoms with E-state index in [2.05, 4.69) is 18.7 Å². The Labute approximate surface area is 107 Å². The highest BCUT2D eigenvalue weighted by molar-refractivity contribution is 4.94. The van der Waals surface area contributed by atoms with Gasteiger partial charge in [-0.25, -0.2) is 0 Å². The Balaban J connectivity index is 1.84. The molecular formula is C15H30N2. The molecular weight excluding hydrogens is 208 g/mol. The molecule has 1 heterocycles. The molecule has 1 saturated heterocycles. The van der Waals surface area contributed by atoms with Gasteiger partial charge >= 0.3 is 0 Å². The van der Waals surface area contributed by atoms with Crippen LogP contribution in [-0.4, -0.2) is 30.1 Å². The normalized spacial score (nSPS) is 27.0. The van der Waals surface area contributed by atoms with E-state index in [1.165, 1.54) is 58.0 Å². The smallest absolute Gasteiger partial charge is 0.0306 e. The summed E-state index contributed by atoms with van der Waals surface area (Å²) in [6.45, 7) is 8.10. The molecule has 0 spiro atoms. The molecule has 2 fully saturated rings. The molecule has 2 N–H and O–H groups in total. The summed E-state index contributed by atoms with van der Waals surface area (Å²) in [5.74, 6) is 1.97. The fourth-order valence-corrected chi connectivity index (χ4v) is 3.46. The molecule has 1 saturated carbocycles. The summed E-state index contributed by atoms with van der Waals surface area (Å²) in [6.07, 6.45) is 9.80. The zero-order chi connectivity index (χ0) is 12.3. The first-order valence-corrected chi connectivity index (χ1v) is 7.63. The molecule has 0 bridgehead atoms. The van der Waals surface area contributed by atoms with E-state index in [0.29, 0.717) is 5.54 Å². The van der Waals surface area contributed by atoms with Crippen LogP contribution in [0.5, 0.6) is 0 Å². The summed E-state index contributed by atoms with van der Waals surface area (Å²) in [6, 6.07) is 0. The average molecular weight is 238 g/mol. The van der Waals surface area contributed by atoms with Crippen LogP contribution in [0, 0.1) is 11.8 Å². The van der Waals surface area contributed by atoms with Crippen LogP contribution in [0.3, 0.4) is 0 Å². The van der Waals surface area contributed by atoms with Gasteiger partial charge in [-0.3, -0.25) is 4.90 Å². The Morgan fingerprint density at radius 1 is 1.12 bits per heavy atom.